The Bertz CT molecular complexity index is 1030. The Morgan fingerprint density at radius 2 is 2.17 bits per heavy atom. The Morgan fingerprint density at radius 1 is 1.30 bits per heavy atom. The van der Waals surface area contributed by atoms with E-state index in [-0.39, 0.29) is 5.63 Å². The van der Waals surface area contributed by atoms with Crippen molar-refractivity contribution in [2.45, 2.75) is 6.54 Å². The van der Waals surface area contributed by atoms with E-state index in [2.05, 4.69) is 16.0 Å². The second-order valence-corrected chi connectivity index (χ2v) is 6.65. The molecule has 23 heavy (non-hydrogen) atoms. The summed E-state index contributed by atoms with van der Waals surface area (Å²) < 4.78 is 7.43. The van der Waals surface area contributed by atoms with E-state index in [4.69, 9.17) is 4.42 Å². The highest BCUT2D eigenvalue weighted by molar-refractivity contribution is 7.15. The van der Waals surface area contributed by atoms with Crippen molar-refractivity contribution in [1.29, 1.82) is 0 Å². The van der Waals surface area contributed by atoms with Gasteiger partial charge in [-0.3, -0.25) is 4.40 Å². The van der Waals surface area contributed by atoms with E-state index in [0.717, 1.165) is 22.5 Å². The zero-order chi connectivity index (χ0) is 16.0. The molecule has 4 aromatic rings. The van der Waals surface area contributed by atoms with E-state index >= 15 is 0 Å². The highest BCUT2D eigenvalue weighted by Gasteiger charge is 2.12. The molecule has 0 aliphatic carbocycles. The lowest BCUT2D eigenvalue weighted by Gasteiger charge is -2.09. The van der Waals surface area contributed by atoms with Gasteiger partial charge in [0.05, 0.1) is 11.3 Å². The second-order valence-electron chi connectivity index (χ2n) is 5.78. The molecule has 0 saturated carbocycles. The molecule has 0 spiro atoms. The summed E-state index contributed by atoms with van der Waals surface area (Å²) >= 11 is 1.53. The van der Waals surface area contributed by atoms with Gasteiger partial charge >= 0.3 is 5.63 Å². The van der Waals surface area contributed by atoms with Gasteiger partial charge in [0.25, 0.3) is 0 Å². The number of hydrogen-bond acceptors (Lipinski definition) is 5. The molecule has 0 bridgehead atoms. The largest absolute Gasteiger partial charge is 0.422 e. The highest BCUT2D eigenvalue weighted by Crippen LogP contribution is 2.23. The molecule has 0 N–H and O–H groups in total. The molecular formula is C17H15N3O2S. The van der Waals surface area contributed by atoms with Crippen LogP contribution in [0.4, 0.5) is 0 Å². The molecule has 3 aromatic heterocycles. The maximum Gasteiger partial charge on any atom is 0.345 e. The summed E-state index contributed by atoms with van der Waals surface area (Å²) in [5.41, 5.74) is 2.50. The monoisotopic (exact) mass is 325 g/mol. The molecule has 0 unspecified atom stereocenters. The second kappa shape index (κ2) is 5.33. The molecule has 0 atom stereocenters. The van der Waals surface area contributed by atoms with Crippen molar-refractivity contribution < 1.29 is 4.42 Å². The van der Waals surface area contributed by atoms with Crippen molar-refractivity contribution in [3.63, 3.8) is 0 Å². The fraction of sp³-hybridized carbons (Fsp3) is 0.176. The van der Waals surface area contributed by atoms with E-state index in [1.165, 1.54) is 11.3 Å². The van der Waals surface area contributed by atoms with E-state index in [1.807, 2.05) is 54.5 Å². The van der Waals surface area contributed by atoms with Crippen LogP contribution in [0.3, 0.4) is 0 Å². The predicted octanol–water partition coefficient (Wildman–Crippen LogP) is 3.23. The third kappa shape index (κ3) is 2.56. The summed E-state index contributed by atoms with van der Waals surface area (Å²) in [7, 11) is 4.02. The molecule has 0 amide bonds. The third-order valence-corrected chi connectivity index (χ3v) is 4.44. The molecule has 1 aromatic carbocycles. The standard InChI is InChI=1S/C17H15N3O2S/c1-19(2)9-11-3-4-12-8-13(16(21)22-15(12)7-11)14-10-20-5-6-23-17(20)18-14/h3-8,10H,9H2,1-2H3. The molecular weight excluding hydrogens is 310 g/mol. The number of benzene rings is 1. The molecule has 116 valence electrons. The first-order valence-electron chi connectivity index (χ1n) is 7.24. The van der Waals surface area contributed by atoms with Gasteiger partial charge in [-0.1, -0.05) is 12.1 Å². The zero-order valence-corrected chi connectivity index (χ0v) is 13.6. The van der Waals surface area contributed by atoms with Crippen molar-refractivity contribution >= 4 is 27.3 Å². The van der Waals surface area contributed by atoms with Crippen LogP contribution >= 0.6 is 11.3 Å². The van der Waals surface area contributed by atoms with Gasteiger partial charge in [0.15, 0.2) is 4.96 Å². The van der Waals surface area contributed by atoms with Gasteiger partial charge in [0.2, 0.25) is 0 Å². The molecule has 0 saturated heterocycles. The minimum atomic E-state index is -0.356. The first-order chi connectivity index (χ1) is 11.1. The van der Waals surface area contributed by atoms with Gasteiger partial charge in [-0.25, -0.2) is 9.78 Å². The fourth-order valence-electron chi connectivity index (χ4n) is 2.65. The zero-order valence-electron chi connectivity index (χ0n) is 12.8. The minimum Gasteiger partial charge on any atom is -0.422 e. The quantitative estimate of drug-likeness (QED) is 0.543. The molecule has 0 aliphatic rings. The predicted molar refractivity (Wildman–Crippen MR) is 91.9 cm³/mol. The number of hydrogen-bond donors (Lipinski definition) is 0. The van der Waals surface area contributed by atoms with Crippen LogP contribution in [0.2, 0.25) is 0 Å². The first-order valence-corrected chi connectivity index (χ1v) is 8.12. The van der Waals surface area contributed by atoms with Crippen LogP contribution < -0.4 is 5.63 Å². The Morgan fingerprint density at radius 3 is 2.96 bits per heavy atom. The minimum absolute atomic E-state index is 0.356. The number of rotatable bonds is 3. The molecule has 5 nitrogen and oxygen atoms in total. The van der Waals surface area contributed by atoms with Crippen LogP contribution in [0, 0.1) is 0 Å². The van der Waals surface area contributed by atoms with Gasteiger partial charge < -0.3 is 9.32 Å². The Kier molecular flexibility index (Phi) is 3.28. The summed E-state index contributed by atoms with van der Waals surface area (Å²) in [5, 5.41) is 2.86. The average molecular weight is 325 g/mol. The number of fused-ring (bicyclic) bond motifs is 2. The topological polar surface area (TPSA) is 50.8 Å². The first kappa shape index (κ1) is 14.2. The van der Waals surface area contributed by atoms with Gasteiger partial charge in [-0.2, -0.15) is 0 Å². The maximum atomic E-state index is 12.3. The van der Waals surface area contributed by atoms with Gasteiger partial charge in [0, 0.05) is 29.7 Å². The average Bonchev–Trinajstić information content (AvgIpc) is 3.07. The van der Waals surface area contributed by atoms with Crippen molar-refractivity contribution in [2.24, 2.45) is 0 Å². The lowest BCUT2D eigenvalue weighted by atomic mass is 10.1. The van der Waals surface area contributed by atoms with Crippen LogP contribution in [0.5, 0.6) is 0 Å². The summed E-state index contributed by atoms with van der Waals surface area (Å²) in [5.74, 6) is 0. The smallest absolute Gasteiger partial charge is 0.345 e. The van der Waals surface area contributed by atoms with Crippen LogP contribution in [-0.4, -0.2) is 28.4 Å². The number of thiazole rings is 1. The SMILES string of the molecule is CN(C)Cc1ccc2cc(-c3cn4ccsc4n3)c(=O)oc2c1. The number of aromatic nitrogens is 2. The Balaban J connectivity index is 1.83. The van der Waals surface area contributed by atoms with Crippen LogP contribution in [0.1, 0.15) is 5.56 Å². The van der Waals surface area contributed by atoms with E-state index in [1.54, 1.807) is 0 Å². The lowest BCUT2D eigenvalue weighted by Crippen LogP contribution is -2.10. The van der Waals surface area contributed by atoms with Gasteiger partial charge in [-0.15, -0.1) is 11.3 Å². The van der Waals surface area contributed by atoms with Gasteiger partial charge in [0.1, 0.15) is 5.58 Å². The molecule has 6 heteroatoms. The number of nitrogens with zero attached hydrogens (tertiary/aromatic N) is 3. The number of imidazole rings is 1. The fourth-order valence-corrected chi connectivity index (χ4v) is 3.35. The van der Waals surface area contributed by atoms with Crippen LogP contribution in [-0.2, 0) is 6.54 Å². The molecule has 0 aliphatic heterocycles. The Labute approximate surface area is 136 Å². The summed E-state index contributed by atoms with van der Waals surface area (Å²) in [6.45, 7) is 0.804. The van der Waals surface area contributed by atoms with Crippen LogP contribution in [0.25, 0.3) is 27.2 Å². The summed E-state index contributed by atoms with van der Waals surface area (Å²) in [6, 6.07) is 7.82. The molecule has 0 fully saturated rings. The van der Waals surface area contributed by atoms with E-state index in [9.17, 15) is 4.79 Å². The molecule has 4 rings (SSSR count). The highest BCUT2D eigenvalue weighted by atomic mass is 32.1. The van der Waals surface area contributed by atoms with Crippen molar-refractivity contribution in [1.82, 2.24) is 14.3 Å². The maximum absolute atomic E-state index is 12.3. The van der Waals surface area contributed by atoms with Crippen LogP contribution in [0.15, 0.2) is 51.3 Å². The summed E-state index contributed by atoms with van der Waals surface area (Å²) in [4.78, 5) is 19.8. The normalized spacial score (nSPS) is 11.8. The third-order valence-electron chi connectivity index (χ3n) is 3.67. The molecule has 3 heterocycles. The van der Waals surface area contributed by atoms with Crippen molar-refractivity contribution in [2.75, 3.05) is 14.1 Å². The Hall–Kier alpha value is -2.44. The van der Waals surface area contributed by atoms with E-state index in [0.29, 0.717) is 16.8 Å². The van der Waals surface area contributed by atoms with E-state index < -0.39 is 0 Å². The van der Waals surface area contributed by atoms with Gasteiger partial charge in [-0.05, 0) is 31.8 Å². The van der Waals surface area contributed by atoms with Crippen molar-refractivity contribution in [3.05, 3.63) is 58.0 Å². The lowest BCUT2D eigenvalue weighted by molar-refractivity contribution is 0.402. The molecule has 0 radical (unpaired) electrons. The van der Waals surface area contributed by atoms with Crippen molar-refractivity contribution in [3.8, 4) is 11.3 Å². The summed E-state index contributed by atoms with van der Waals surface area (Å²) in [6.07, 6.45) is 3.77.